The van der Waals surface area contributed by atoms with E-state index in [4.69, 9.17) is 23.2 Å². The van der Waals surface area contributed by atoms with Gasteiger partial charge in [-0.2, -0.15) is 11.3 Å². The topological polar surface area (TPSA) is 33.1 Å². The average molecular weight is 322 g/mol. The minimum atomic E-state index is -0.0446. The Morgan fingerprint density at radius 2 is 1.95 bits per heavy atom. The molecule has 2 nitrogen and oxygen atoms in total. The quantitative estimate of drug-likeness (QED) is 0.678. The number of benzene rings is 1. The predicted octanol–water partition coefficient (Wildman–Crippen LogP) is 5.48. The van der Waals surface area contributed by atoms with E-state index in [1.54, 1.807) is 11.3 Å². The van der Waals surface area contributed by atoms with Crippen LogP contribution in [0, 0.1) is 0 Å². The number of phenols is 1. The summed E-state index contributed by atoms with van der Waals surface area (Å²) in [4.78, 5) is 4.39. The van der Waals surface area contributed by atoms with Gasteiger partial charge in [-0.25, -0.2) is 4.98 Å². The Bertz CT molecular complexity index is 797. The number of thiophene rings is 1. The first-order valence-corrected chi connectivity index (χ1v) is 7.53. The summed E-state index contributed by atoms with van der Waals surface area (Å²) < 4.78 is 0. The zero-order valence-electron chi connectivity index (χ0n) is 10.2. The molecule has 0 atom stereocenters. The lowest BCUT2D eigenvalue weighted by atomic mass is 10.1. The molecule has 1 aromatic carbocycles. The Balaban J connectivity index is 2.08. The molecule has 5 heteroatoms. The minimum Gasteiger partial charge on any atom is -0.504 e. The molecule has 20 heavy (non-hydrogen) atoms. The highest BCUT2D eigenvalue weighted by molar-refractivity contribution is 7.08. The van der Waals surface area contributed by atoms with E-state index in [2.05, 4.69) is 4.98 Å². The van der Waals surface area contributed by atoms with Crippen LogP contribution >= 0.6 is 34.5 Å². The summed E-state index contributed by atoms with van der Waals surface area (Å²) in [6.07, 6.45) is 3.85. The highest BCUT2D eigenvalue weighted by atomic mass is 35.5. The van der Waals surface area contributed by atoms with Crippen LogP contribution in [0.5, 0.6) is 5.75 Å². The number of aromatic hydroxyl groups is 1. The Morgan fingerprint density at radius 1 is 1.10 bits per heavy atom. The van der Waals surface area contributed by atoms with Crippen molar-refractivity contribution in [1.82, 2.24) is 4.98 Å². The molecule has 100 valence electrons. The molecular formula is C15H9Cl2NOS. The molecule has 0 fully saturated rings. The fraction of sp³-hybridized carbons (Fsp3) is 0. The standard InChI is InChI=1S/C15H9Cl2NOS/c16-12-7-13(17)15(19)14-11(12)4-3-10(18-14)2-1-9-5-6-20-8-9/h1-8,19H/b2-1+. The normalized spacial score (nSPS) is 11.5. The van der Waals surface area contributed by atoms with Crippen molar-refractivity contribution in [2.45, 2.75) is 0 Å². The Kier molecular flexibility index (Phi) is 3.66. The zero-order chi connectivity index (χ0) is 14.1. The molecule has 2 aromatic heterocycles. The van der Waals surface area contributed by atoms with Gasteiger partial charge in [0, 0.05) is 5.39 Å². The Morgan fingerprint density at radius 3 is 2.70 bits per heavy atom. The first-order valence-electron chi connectivity index (χ1n) is 5.83. The van der Waals surface area contributed by atoms with Gasteiger partial charge in [0.15, 0.2) is 5.75 Å². The van der Waals surface area contributed by atoms with Gasteiger partial charge in [0.25, 0.3) is 0 Å². The van der Waals surface area contributed by atoms with E-state index < -0.39 is 0 Å². The van der Waals surface area contributed by atoms with Crippen molar-refractivity contribution in [3.05, 3.63) is 56.3 Å². The van der Waals surface area contributed by atoms with E-state index in [-0.39, 0.29) is 10.8 Å². The first kappa shape index (κ1) is 13.4. The van der Waals surface area contributed by atoms with E-state index >= 15 is 0 Å². The van der Waals surface area contributed by atoms with Crippen LogP contribution in [0.1, 0.15) is 11.3 Å². The first-order chi connectivity index (χ1) is 9.65. The molecule has 0 spiro atoms. The van der Waals surface area contributed by atoms with Gasteiger partial charge < -0.3 is 5.11 Å². The fourth-order valence-corrected chi connectivity index (χ4v) is 3.01. The third kappa shape index (κ3) is 2.52. The van der Waals surface area contributed by atoms with E-state index in [1.807, 2.05) is 41.1 Å². The lowest BCUT2D eigenvalue weighted by Gasteiger charge is -2.05. The van der Waals surface area contributed by atoms with Crippen LogP contribution in [0.4, 0.5) is 0 Å². The van der Waals surface area contributed by atoms with Gasteiger partial charge in [-0.1, -0.05) is 29.3 Å². The number of hydrogen-bond donors (Lipinski definition) is 1. The number of pyridine rings is 1. The zero-order valence-corrected chi connectivity index (χ0v) is 12.5. The number of nitrogens with zero attached hydrogens (tertiary/aromatic N) is 1. The minimum absolute atomic E-state index is 0.0446. The predicted molar refractivity (Wildman–Crippen MR) is 86.7 cm³/mol. The summed E-state index contributed by atoms with van der Waals surface area (Å²) in [5, 5.41) is 15.4. The molecule has 0 saturated heterocycles. The van der Waals surface area contributed by atoms with Gasteiger partial charge in [0.05, 0.1) is 15.7 Å². The van der Waals surface area contributed by atoms with Gasteiger partial charge in [0.2, 0.25) is 0 Å². The molecule has 1 N–H and O–H groups in total. The maximum atomic E-state index is 9.98. The maximum Gasteiger partial charge on any atom is 0.160 e. The van der Waals surface area contributed by atoms with Crippen LogP contribution in [0.25, 0.3) is 23.1 Å². The molecule has 0 aliphatic heterocycles. The van der Waals surface area contributed by atoms with E-state index in [1.165, 1.54) is 6.07 Å². The van der Waals surface area contributed by atoms with Crippen molar-refractivity contribution >= 4 is 57.6 Å². The van der Waals surface area contributed by atoms with Crippen molar-refractivity contribution in [1.29, 1.82) is 0 Å². The van der Waals surface area contributed by atoms with Crippen molar-refractivity contribution in [3.8, 4) is 5.75 Å². The van der Waals surface area contributed by atoms with Gasteiger partial charge in [-0.05, 0) is 46.7 Å². The molecule has 0 amide bonds. The van der Waals surface area contributed by atoms with Crippen LogP contribution in [0.2, 0.25) is 10.0 Å². The lowest BCUT2D eigenvalue weighted by molar-refractivity contribution is 0.480. The highest BCUT2D eigenvalue weighted by Crippen LogP contribution is 2.36. The van der Waals surface area contributed by atoms with E-state index in [0.717, 1.165) is 11.3 Å². The number of phenolic OH excluding ortho intramolecular Hbond substituents is 1. The molecule has 3 rings (SSSR count). The van der Waals surface area contributed by atoms with Crippen molar-refractivity contribution in [2.24, 2.45) is 0 Å². The molecule has 0 aliphatic carbocycles. The molecule has 0 radical (unpaired) electrons. The van der Waals surface area contributed by atoms with Crippen LogP contribution in [-0.2, 0) is 0 Å². The number of hydrogen-bond acceptors (Lipinski definition) is 3. The van der Waals surface area contributed by atoms with Gasteiger partial charge in [-0.3, -0.25) is 0 Å². The highest BCUT2D eigenvalue weighted by Gasteiger charge is 2.10. The van der Waals surface area contributed by atoms with Gasteiger partial charge in [0.1, 0.15) is 5.52 Å². The summed E-state index contributed by atoms with van der Waals surface area (Å²) in [5.41, 5.74) is 2.26. The molecule has 0 aliphatic rings. The lowest BCUT2D eigenvalue weighted by Crippen LogP contribution is -1.86. The Hall–Kier alpha value is -1.55. The second-order valence-corrected chi connectivity index (χ2v) is 5.81. The molecular weight excluding hydrogens is 313 g/mol. The van der Waals surface area contributed by atoms with Crippen LogP contribution < -0.4 is 0 Å². The van der Waals surface area contributed by atoms with Crippen LogP contribution in [0.3, 0.4) is 0 Å². The van der Waals surface area contributed by atoms with E-state index in [0.29, 0.717) is 15.9 Å². The largest absolute Gasteiger partial charge is 0.504 e. The maximum absolute atomic E-state index is 9.98. The number of halogens is 2. The summed E-state index contributed by atoms with van der Waals surface area (Å²) in [7, 11) is 0. The average Bonchev–Trinajstić information content (AvgIpc) is 2.96. The third-order valence-corrected chi connectivity index (χ3v) is 4.17. The monoisotopic (exact) mass is 321 g/mol. The second-order valence-electron chi connectivity index (χ2n) is 4.21. The van der Waals surface area contributed by atoms with Crippen molar-refractivity contribution in [2.75, 3.05) is 0 Å². The van der Waals surface area contributed by atoms with Crippen molar-refractivity contribution in [3.63, 3.8) is 0 Å². The Labute approximate surface area is 129 Å². The van der Waals surface area contributed by atoms with Gasteiger partial charge >= 0.3 is 0 Å². The number of aromatic nitrogens is 1. The summed E-state index contributed by atoms with van der Waals surface area (Å²) in [6, 6.07) is 7.22. The third-order valence-electron chi connectivity index (χ3n) is 2.87. The van der Waals surface area contributed by atoms with Crippen molar-refractivity contribution < 1.29 is 5.11 Å². The van der Waals surface area contributed by atoms with Crippen LogP contribution in [0.15, 0.2) is 35.0 Å². The summed E-state index contributed by atoms with van der Waals surface area (Å²) >= 11 is 13.6. The summed E-state index contributed by atoms with van der Waals surface area (Å²) in [6.45, 7) is 0. The second kappa shape index (κ2) is 5.44. The van der Waals surface area contributed by atoms with Crippen LogP contribution in [-0.4, -0.2) is 10.1 Å². The molecule has 3 aromatic rings. The SMILES string of the molecule is Oc1c(Cl)cc(Cl)c2ccc(/C=C/c3ccsc3)nc12. The molecule has 2 heterocycles. The molecule has 0 bridgehead atoms. The smallest absolute Gasteiger partial charge is 0.160 e. The number of fused-ring (bicyclic) bond motifs is 1. The van der Waals surface area contributed by atoms with Gasteiger partial charge in [-0.15, -0.1) is 0 Å². The molecule has 0 unspecified atom stereocenters. The fourth-order valence-electron chi connectivity index (χ4n) is 1.86. The van der Waals surface area contributed by atoms with E-state index in [9.17, 15) is 5.11 Å². The summed E-state index contributed by atoms with van der Waals surface area (Å²) in [5.74, 6) is -0.0446. The molecule has 0 saturated carbocycles. The number of rotatable bonds is 2.